The van der Waals surface area contributed by atoms with Crippen LogP contribution in [0.25, 0.3) is 39.6 Å². The number of carboxylic acid groups (broad SMARTS) is 1. The van der Waals surface area contributed by atoms with Gasteiger partial charge in [-0.05, 0) is 54.8 Å². The first-order chi connectivity index (χ1) is 17.4. The maximum Gasteiger partial charge on any atom is 0.304 e. The summed E-state index contributed by atoms with van der Waals surface area (Å²) in [6.07, 6.45) is 0.250. The Bertz CT molecular complexity index is 1440. The van der Waals surface area contributed by atoms with E-state index in [0.717, 1.165) is 39.3 Å². The molecule has 2 N–H and O–H groups in total. The summed E-state index contributed by atoms with van der Waals surface area (Å²) in [6.45, 7) is 11.7. The molecule has 0 atom stereocenters. The monoisotopic (exact) mass is 544 g/mol. The smallest absolute Gasteiger partial charge is 0.304 e. The molecule has 3 heterocycles. The summed E-state index contributed by atoms with van der Waals surface area (Å²) in [5, 5.41) is 17.7. The van der Waals surface area contributed by atoms with Gasteiger partial charge < -0.3 is 19.7 Å². The third-order valence-corrected chi connectivity index (χ3v) is 6.18. The zero-order chi connectivity index (χ0) is 26.9. The average Bonchev–Trinajstić information content (AvgIpc) is 3.48. The Morgan fingerprint density at radius 3 is 2.49 bits per heavy atom. The number of carboxylic acids is 1. The molecule has 2 aromatic carbocycles. The fourth-order valence-corrected chi connectivity index (χ4v) is 4.50. The van der Waals surface area contributed by atoms with Gasteiger partial charge in [0.1, 0.15) is 5.75 Å². The Labute approximate surface area is 225 Å². The van der Waals surface area contributed by atoms with Crippen LogP contribution in [0.2, 0.25) is 10.0 Å². The molecule has 1 aliphatic heterocycles. The van der Waals surface area contributed by atoms with E-state index in [1.807, 2.05) is 36.6 Å². The van der Waals surface area contributed by atoms with E-state index in [1.165, 1.54) is 0 Å². The number of ether oxygens (including phenoxy) is 1. The number of aliphatic carboxylic acids is 1. The third-order valence-electron chi connectivity index (χ3n) is 5.51. The van der Waals surface area contributed by atoms with Crippen molar-refractivity contribution in [3.05, 3.63) is 46.4 Å². The molecule has 2 aliphatic rings. The summed E-state index contributed by atoms with van der Waals surface area (Å²) in [4.78, 5) is 14.6. The molecule has 2 aromatic heterocycles. The number of carbonyl (C=O) groups is 1. The minimum Gasteiger partial charge on any atom is -0.489 e. The number of hydrogen-bond donors (Lipinski definition) is 2. The maximum absolute atomic E-state index is 10.1. The zero-order valence-electron chi connectivity index (χ0n) is 21.4. The van der Waals surface area contributed by atoms with Gasteiger partial charge in [0.15, 0.2) is 0 Å². The second-order valence-electron chi connectivity index (χ2n) is 10.3. The van der Waals surface area contributed by atoms with Crippen LogP contribution in [-0.4, -0.2) is 45.0 Å². The summed E-state index contributed by atoms with van der Waals surface area (Å²) in [5.41, 5.74) is 3.89. The van der Waals surface area contributed by atoms with Crippen molar-refractivity contribution < 1.29 is 19.2 Å². The molecule has 8 nitrogen and oxygen atoms in total. The highest BCUT2D eigenvalue weighted by Gasteiger charge is 2.27. The second-order valence-corrected chi connectivity index (χ2v) is 11.1. The first-order valence-electron chi connectivity index (χ1n) is 12.0. The standard InChI is InChI=1S/C19H13Cl2N3O2.C8H17NO2/c1-9(2)25-15-6-4-11(8-13(15)20)18-22-19(23-26-18)24-14-5-3-10-7-12(14)16(21)17(10)24;1-8(2,3)6-9-5-4-7(10)11/h3-9H,1-2H3;9H,4-6H2,1-3H3,(H,10,11). The number of fused-ring (bicyclic) bond motifs is 1. The van der Waals surface area contributed by atoms with Crippen molar-refractivity contribution in [2.24, 2.45) is 5.41 Å². The number of benzene rings is 2. The van der Waals surface area contributed by atoms with Crippen LogP contribution in [0.4, 0.5) is 0 Å². The molecule has 0 spiro atoms. The lowest BCUT2D eigenvalue weighted by molar-refractivity contribution is -0.136. The predicted molar refractivity (Wildman–Crippen MR) is 146 cm³/mol. The number of halogens is 2. The molecule has 0 unspecified atom stereocenters. The van der Waals surface area contributed by atoms with Gasteiger partial charge in [-0.15, -0.1) is 0 Å². The van der Waals surface area contributed by atoms with E-state index in [9.17, 15) is 4.79 Å². The van der Waals surface area contributed by atoms with Gasteiger partial charge in [-0.1, -0.05) is 50.0 Å². The summed E-state index contributed by atoms with van der Waals surface area (Å²) in [6, 6.07) is 11.5. The first kappa shape index (κ1) is 27.0. The molecule has 0 saturated heterocycles. The van der Waals surface area contributed by atoms with Gasteiger partial charge in [-0.3, -0.25) is 9.36 Å². The number of hydrogen-bond acceptors (Lipinski definition) is 6. The predicted octanol–water partition coefficient (Wildman–Crippen LogP) is 6.85. The van der Waals surface area contributed by atoms with Gasteiger partial charge in [-0.25, -0.2) is 0 Å². The number of nitrogens with zero attached hydrogens (tertiary/aromatic N) is 3. The first-order valence-corrected chi connectivity index (χ1v) is 12.8. The highest BCUT2D eigenvalue weighted by molar-refractivity contribution is 6.40. The topological polar surface area (TPSA) is 102 Å². The third kappa shape index (κ3) is 6.09. The largest absolute Gasteiger partial charge is 0.489 e. The molecule has 0 fully saturated rings. The van der Waals surface area contributed by atoms with Crippen molar-refractivity contribution in [2.75, 3.05) is 13.1 Å². The van der Waals surface area contributed by atoms with Crippen LogP contribution in [-0.2, 0) is 4.79 Å². The molecule has 0 radical (unpaired) electrons. The molecule has 10 heteroatoms. The van der Waals surface area contributed by atoms with Crippen LogP contribution < -0.4 is 10.1 Å². The van der Waals surface area contributed by atoms with Crippen LogP contribution in [0, 0.1) is 5.41 Å². The van der Waals surface area contributed by atoms with E-state index in [0.29, 0.717) is 29.2 Å². The van der Waals surface area contributed by atoms with Gasteiger partial charge in [0, 0.05) is 29.6 Å². The minimum absolute atomic E-state index is 0.0456. The highest BCUT2D eigenvalue weighted by Crippen LogP contribution is 2.46. The lowest BCUT2D eigenvalue weighted by atomic mass is 9.97. The lowest BCUT2D eigenvalue weighted by Crippen LogP contribution is -2.28. The van der Waals surface area contributed by atoms with E-state index in [2.05, 4.69) is 42.3 Å². The molecule has 37 heavy (non-hydrogen) atoms. The molecule has 4 aromatic rings. The molecular weight excluding hydrogens is 515 g/mol. The van der Waals surface area contributed by atoms with Crippen molar-refractivity contribution in [2.45, 2.75) is 47.1 Å². The fraction of sp³-hybridized carbons (Fsp3) is 0.370. The van der Waals surface area contributed by atoms with Crippen molar-refractivity contribution in [1.82, 2.24) is 20.0 Å². The molecule has 6 rings (SSSR count). The van der Waals surface area contributed by atoms with Gasteiger partial charge in [0.25, 0.3) is 11.8 Å². The number of pyridine rings is 2. The summed E-state index contributed by atoms with van der Waals surface area (Å²) in [5.74, 6) is 0.718. The van der Waals surface area contributed by atoms with Gasteiger partial charge >= 0.3 is 5.97 Å². The van der Waals surface area contributed by atoms with Crippen LogP contribution in [0.3, 0.4) is 0 Å². The van der Waals surface area contributed by atoms with Crippen LogP contribution in [0.5, 0.6) is 5.75 Å². The van der Waals surface area contributed by atoms with Crippen LogP contribution in [0.15, 0.2) is 40.9 Å². The Hall–Kier alpha value is -3.07. The van der Waals surface area contributed by atoms with Gasteiger partial charge in [-0.2, -0.15) is 4.98 Å². The fourth-order valence-electron chi connectivity index (χ4n) is 3.93. The number of nitrogens with one attached hydrogen (secondary N) is 1. The Morgan fingerprint density at radius 1 is 1.16 bits per heavy atom. The van der Waals surface area contributed by atoms with Crippen LogP contribution in [0.1, 0.15) is 41.0 Å². The number of rotatable bonds is 8. The summed E-state index contributed by atoms with van der Waals surface area (Å²) in [7, 11) is 0. The zero-order valence-corrected chi connectivity index (χ0v) is 22.9. The van der Waals surface area contributed by atoms with Crippen molar-refractivity contribution in [3.8, 4) is 34.4 Å². The molecular formula is C27H30Cl2N4O4. The molecule has 0 saturated carbocycles. The normalized spacial score (nSPS) is 12.0. The Kier molecular flexibility index (Phi) is 7.83. The van der Waals surface area contributed by atoms with E-state index in [-0.39, 0.29) is 17.9 Å². The number of aromatic nitrogens is 3. The quantitative estimate of drug-likeness (QED) is 0.206. The van der Waals surface area contributed by atoms with E-state index in [1.54, 1.807) is 12.1 Å². The molecule has 196 valence electrons. The van der Waals surface area contributed by atoms with Crippen molar-refractivity contribution in [3.63, 3.8) is 0 Å². The molecule has 4 bridgehead atoms. The highest BCUT2D eigenvalue weighted by atomic mass is 35.5. The molecule has 0 amide bonds. The maximum atomic E-state index is 10.1. The van der Waals surface area contributed by atoms with Crippen molar-refractivity contribution in [1.29, 1.82) is 0 Å². The van der Waals surface area contributed by atoms with E-state index < -0.39 is 5.97 Å². The van der Waals surface area contributed by atoms with Crippen molar-refractivity contribution >= 4 is 40.1 Å². The Balaban J connectivity index is 0.000000249. The van der Waals surface area contributed by atoms with Gasteiger partial charge in [0.2, 0.25) is 0 Å². The summed E-state index contributed by atoms with van der Waals surface area (Å²) < 4.78 is 13.0. The minimum atomic E-state index is -0.744. The SMILES string of the molecule is CC(C)(C)CNCCC(=O)O.CC(C)Oc1ccc(-c2nc(-n3c4c(Cl)c5cc-4ccc53)no2)cc1Cl. The summed E-state index contributed by atoms with van der Waals surface area (Å²) >= 11 is 12.7. The Morgan fingerprint density at radius 2 is 1.89 bits per heavy atom. The molecule has 1 aliphatic carbocycles. The van der Waals surface area contributed by atoms with E-state index >= 15 is 0 Å². The van der Waals surface area contributed by atoms with Crippen LogP contribution >= 0.6 is 23.2 Å². The average molecular weight is 545 g/mol. The van der Waals surface area contributed by atoms with E-state index in [4.69, 9.17) is 37.6 Å². The lowest BCUT2D eigenvalue weighted by Gasteiger charge is -2.18. The second kappa shape index (κ2) is 10.7. The van der Waals surface area contributed by atoms with Gasteiger partial charge in [0.05, 0.1) is 33.8 Å².